The van der Waals surface area contributed by atoms with Crippen LogP contribution in [0.3, 0.4) is 0 Å². The average Bonchev–Trinajstić information content (AvgIpc) is 2.54. The first-order valence-corrected chi connectivity index (χ1v) is 8.95. The van der Waals surface area contributed by atoms with Crippen LogP contribution in [0.25, 0.3) is 0 Å². The van der Waals surface area contributed by atoms with Gasteiger partial charge in [-0.25, -0.2) is 0 Å². The summed E-state index contributed by atoms with van der Waals surface area (Å²) in [5.74, 6) is 0.0640. The minimum Gasteiger partial charge on any atom is -0.508 e. The van der Waals surface area contributed by atoms with E-state index >= 15 is 0 Å². The van der Waals surface area contributed by atoms with Gasteiger partial charge in [-0.3, -0.25) is 14.5 Å². The Balaban J connectivity index is 1.76. The number of benzene rings is 1. The number of carbonyl (C=O) groups is 2. The highest BCUT2D eigenvalue weighted by Crippen LogP contribution is 2.19. The lowest BCUT2D eigenvalue weighted by molar-refractivity contribution is -0.136. The predicted octanol–water partition coefficient (Wildman–Crippen LogP) is 0.887. The maximum absolute atomic E-state index is 12.4. The lowest BCUT2D eigenvalue weighted by Gasteiger charge is -2.36. The molecule has 1 saturated heterocycles. The summed E-state index contributed by atoms with van der Waals surface area (Å²) in [5.41, 5.74) is 0.774. The summed E-state index contributed by atoms with van der Waals surface area (Å²) in [7, 11) is 1.66. The van der Waals surface area contributed by atoms with Gasteiger partial charge in [-0.15, -0.1) is 0 Å². The lowest BCUT2D eigenvalue weighted by atomic mass is 10.1. The first kappa shape index (κ1) is 20.0. The highest BCUT2D eigenvalue weighted by atomic mass is 16.3. The van der Waals surface area contributed by atoms with E-state index in [2.05, 4.69) is 15.1 Å². The van der Waals surface area contributed by atoms with Gasteiger partial charge in [0.25, 0.3) is 0 Å². The summed E-state index contributed by atoms with van der Waals surface area (Å²) in [4.78, 5) is 30.1. The maximum atomic E-state index is 12.4. The van der Waals surface area contributed by atoms with Crippen LogP contribution in [0.15, 0.2) is 24.3 Å². The fraction of sp³-hybridized carbons (Fsp3) is 0.579. The molecule has 7 heteroatoms. The summed E-state index contributed by atoms with van der Waals surface area (Å²) in [6.45, 7) is 9.37. The van der Waals surface area contributed by atoms with Crippen LogP contribution in [-0.4, -0.2) is 78.6 Å². The van der Waals surface area contributed by atoms with Crippen molar-refractivity contribution in [3.8, 4) is 5.75 Å². The Morgan fingerprint density at radius 2 is 1.69 bits per heavy atom. The Hall–Kier alpha value is -2.28. The number of hydrogen-bond acceptors (Lipinski definition) is 5. The number of phenolic OH excluding ortho intramolecular Hbond substituents is 1. The van der Waals surface area contributed by atoms with E-state index in [9.17, 15) is 14.7 Å². The molecular weight excluding hydrogens is 332 g/mol. The zero-order valence-electron chi connectivity index (χ0n) is 16.2. The predicted molar refractivity (Wildman–Crippen MR) is 102 cm³/mol. The van der Waals surface area contributed by atoms with E-state index in [0.29, 0.717) is 6.54 Å². The van der Waals surface area contributed by atoms with E-state index in [0.717, 1.165) is 31.9 Å². The number of nitrogens with zero attached hydrogens (tertiary/aromatic N) is 3. The van der Waals surface area contributed by atoms with Crippen molar-refractivity contribution >= 4 is 17.5 Å². The molecule has 1 fully saturated rings. The third-order valence-electron chi connectivity index (χ3n) is 4.27. The van der Waals surface area contributed by atoms with E-state index < -0.39 is 0 Å². The zero-order chi connectivity index (χ0) is 19.3. The highest BCUT2D eigenvalue weighted by Gasteiger charge is 2.22. The van der Waals surface area contributed by atoms with Gasteiger partial charge in [0.2, 0.25) is 11.8 Å². The van der Waals surface area contributed by atoms with Gasteiger partial charge in [-0.2, -0.15) is 0 Å². The van der Waals surface area contributed by atoms with E-state index in [-0.39, 0.29) is 29.6 Å². The molecule has 1 aromatic carbocycles. The molecule has 0 spiro atoms. The molecule has 0 aromatic heterocycles. The van der Waals surface area contributed by atoms with Crippen molar-refractivity contribution < 1.29 is 14.7 Å². The number of anilines is 1. The smallest absolute Gasteiger partial charge is 0.240 e. The molecule has 1 heterocycles. The summed E-state index contributed by atoms with van der Waals surface area (Å²) < 4.78 is 0. The quantitative estimate of drug-likeness (QED) is 0.814. The molecule has 26 heavy (non-hydrogen) atoms. The van der Waals surface area contributed by atoms with Crippen molar-refractivity contribution in [3.63, 3.8) is 0 Å². The standard InChI is InChI=1S/C19H30N4O3/c1-19(2,3)20-17(25)13-21(4)18(26)14-22-9-11-23(12-10-22)15-5-7-16(24)8-6-15/h5-8,24H,9-14H2,1-4H3,(H,20,25). The Labute approximate surface area is 155 Å². The Kier molecular flexibility index (Phi) is 6.47. The Morgan fingerprint density at radius 1 is 1.12 bits per heavy atom. The van der Waals surface area contributed by atoms with E-state index in [1.165, 1.54) is 4.90 Å². The number of carbonyl (C=O) groups excluding carboxylic acids is 2. The van der Waals surface area contributed by atoms with Crippen molar-refractivity contribution in [1.82, 2.24) is 15.1 Å². The van der Waals surface area contributed by atoms with Gasteiger partial charge in [0.15, 0.2) is 0 Å². The molecule has 144 valence electrons. The van der Waals surface area contributed by atoms with Crippen molar-refractivity contribution in [3.05, 3.63) is 24.3 Å². The molecule has 0 radical (unpaired) electrons. The number of likely N-dealkylation sites (N-methyl/N-ethyl adjacent to an activating group) is 1. The van der Waals surface area contributed by atoms with Crippen LogP contribution in [0.5, 0.6) is 5.75 Å². The minimum atomic E-state index is -0.300. The van der Waals surface area contributed by atoms with Gasteiger partial charge in [-0.05, 0) is 45.0 Å². The van der Waals surface area contributed by atoms with Gasteiger partial charge in [0.05, 0.1) is 13.1 Å². The van der Waals surface area contributed by atoms with Crippen molar-refractivity contribution in [1.29, 1.82) is 0 Å². The summed E-state index contributed by atoms with van der Waals surface area (Å²) in [5, 5.41) is 12.2. The first-order valence-electron chi connectivity index (χ1n) is 8.95. The molecule has 0 bridgehead atoms. The number of nitrogens with one attached hydrogen (secondary N) is 1. The molecule has 2 rings (SSSR count). The van der Waals surface area contributed by atoms with Crippen LogP contribution in [0.4, 0.5) is 5.69 Å². The molecule has 0 unspecified atom stereocenters. The fourth-order valence-electron chi connectivity index (χ4n) is 2.90. The lowest BCUT2D eigenvalue weighted by Crippen LogP contribution is -2.51. The van der Waals surface area contributed by atoms with Crippen LogP contribution in [0.1, 0.15) is 20.8 Å². The zero-order valence-corrected chi connectivity index (χ0v) is 16.2. The van der Waals surface area contributed by atoms with Crippen LogP contribution < -0.4 is 10.2 Å². The Bertz CT molecular complexity index is 617. The second-order valence-corrected chi connectivity index (χ2v) is 7.83. The number of amides is 2. The maximum Gasteiger partial charge on any atom is 0.240 e. The van der Waals surface area contributed by atoms with Gasteiger partial charge in [0.1, 0.15) is 5.75 Å². The third kappa shape index (κ3) is 6.22. The molecule has 0 saturated carbocycles. The molecule has 7 nitrogen and oxygen atoms in total. The van der Waals surface area contributed by atoms with Gasteiger partial charge in [-0.1, -0.05) is 0 Å². The molecule has 1 aliphatic rings. The molecule has 2 N–H and O–H groups in total. The molecule has 0 atom stereocenters. The monoisotopic (exact) mass is 362 g/mol. The van der Waals surface area contributed by atoms with E-state index in [1.807, 2.05) is 32.9 Å². The summed E-state index contributed by atoms with van der Waals surface area (Å²) >= 11 is 0. The second-order valence-electron chi connectivity index (χ2n) is 7.83. The molecule has 1 aromatic rings. The fourth-order valence-corrected chi connectivity index (χ4v) is 2.90. The number of phenols is 1. The average molecular weight is 362 g/mol. The minimum absolute atomic E-state index is 0.0489. The van der Waals surface area contributed by atoms with Crippen LogP contribution >= 0.6 is 0 Å². The van der Waals surface area contributed by atoms with E-state index in [1.54, 1.807) is 19.2 Å². The molecule has 1 aliphatic heterocycles. The molecular formula is C19H30N4O3. The van der Waals surface area contributed by atoms with Gasteiger partial charge < -0.3 is 20.2 Å². The van der Waals surface area contributed by atoms with Crippen LogP contribution in [-0.2, 0) is 9.59 Å². The van der Waals surface area contributed by atoms with Crippen LogP contribution in [0.2, 0.25) is 0 Å². The van der Waals surface area contributed by atoms with Gasteiger partial charge >= 0.3 is 0 Å². The highest BCUT2D eigenvalue weighted by molar-refractivity contribution is 5.85. The number of hydrogen-bond donors (Lipinski definition) is 2. The number of aromatic hydroxyl groups is 1. The van der Waals surface area contributed by atoms with Crippen molar-refractivity contribution in [2.45, 2.75) is 26.3 Å². The van der Waals surface area contributed by atoms with Crippen LogP contribution in [0, 0.1) is 0 Å². The largest absolute Gasteiger partial charge is 0.508 e. The Morgan fingerprint density at radius 3 is 2.23 bits per heavy atom. The number of piperazine rings is 1. The summed E-state index contributed by atoms with van der Waals surface area (Å²) in [6.07, 6.45) is 0. The molecule has 0 aliphatic carbocycles. The van der Waals surface area contributed by atoms with E-state index in [4.69, 9.17) is 0 Å². The number of rotatable bonds is 5. The second kappa shape index (κ2) is 8.40. The SMILES string of the molecule is CN(CC(=O)NC(C)(C)C)C(=O)CN1CCN(c2ccc(O)cc2)CC1. The summed E-state index contributed by atoms with van der Waals surface area (Å²) in [6, 6.07) is 7.17. The third-order valence-corrected chi connectivity index (χ3v) is 4.27. The topological polar surface area (TPSA) is 76.1 Å². The van der Waals surface area contributed by atoms with Gasteiger partial charge in [0, 0.05) is 44.5 Å². The first-order chi connectivity index (χ1) is 12.1. The van der Waals surface area contributed by atoms with Crippen molar-refractivity contribution in [2.75, 3.05) is 51.2 Å². The molecule has 2 amide bonds. The normalized spacial score (nSPS) is 15.6. The van der Waals surface area contributed by atoms with Crippen molar-refractivity contribution in [2.24, 2.45) is 0 Å².